The number of benzene rings is 1. The number of carbonyl (C=O) groups is 1. The lowest BCUT2D eigenvalue weighted by atomic mass is 9.53. The molecule has 4 saturated carbocycles. The SMILES string of the molecule is O=C(NC12CC3CC(CC(C3)C1)C2)c1cc(Cl)c2c(c1)OCCCO2. The molecule has 4 aliphatic carbocycles. The van der Waals surface area contributed by atoms with Gasteiger partial charge in [0.1, 0.15) is 0 Å². The molecule has 1 aromatic rings. The van der Waals surface area contributed by atoms with Crippen LogP contribution in [0.1, 0.15) is 55.3 Å². The van der Waals surface area contributed by atoms with E-state index in [9.17, 15) is 4.79 Å². The first-order valence-electron chi connectivity index (χ1n) is 9.52. The number of halogens is 1. The topological polar surface area (TPSA) is 47.6 Å². The van der Waals surface area contributed by atoms with Crippen LogP contribution in [0.4, 0.5) is 0 Å². The van der Waals surface area contributed by atoms with Gasteiger partial charge in [0.2, 0.25) is 0 Å². The van der Waals surface area contributed by atoms with Crippen LogP contribution in [0.5, 0.6) is 11.5 Å². The van der Waals surface area contributed by atoms with Gasteiger partial charge in [0.25, 0.3) is 5.91 Å². The molecule has 0 radical (unpaired) electrons. The fraction of sp³-hybridized carbons (Fsp3) is 0.650. The van der Waals surface area contributed by atoms with Crippen molar-refractivity contribution in [2.75, 3.05) is 13.2 Å². The molecule has 4 nitrogen and oxygen atoms in total. The van der Waals surface area contributed by atoms with Crippen molar-refractivity contribution in [2.24, 2.45) is 17.8 Å². The second-order valence-corrected chi connectivity index (χ2v) is 8.90. The number of ether oxygens (including phenoxy) is 2. The lowest BCUT2D eigenvalue weighted by Gasteiger charge is -2.56. The second-order valence-electron chi connectivity index (χ2n) is 8.49. The van der Waals surface area contributed by atoms with Crippen molar-refractivity contribution in [1.29, 1.82) is 0 Å². The quantitative estimate of drug-likeness (QED) is 0.858. The van der Waals surface area contributed by atoms with Crippen LogP contribution in [0.2, 0.25) is 5.02 Å². The van der Waals surface area contributed by atoms with Gasteiger partial charge in [-0.1, -0.05) is 11.6 Å². The average Bonchev–Trinajstić information content (AvgIpc) is 2.78. The molecule has 4 bridgehead atoms. The van der Waals surface area contributed by atoms with Crippen LogP contribution in [-0.2, 0) is 0 Å². The smallest absolute Gasteiger partial charge is 0.251 e. The van der Waals surface area contributed by atoms with Crippen LogP contribution in [-0.4, -0.2) is 24.7 Å². The third-order valence-electron chi connectivity index (χ3n) is 6.48. The number of hydrogen-bond acceptors (Lipinski definition) is 3. The molecule has 1 aliphatic heterocycles. The minimum absolute atomic E-state index is 0.00244. The maximum absolute atomic E-state index is 13.0. The Morgan fingerprint density at radius 2 is 1.68 bits per heavy atom. The predicted octanol–water partition coefficient (Wildman–Crippen LogP) is 4.20. The standard InChI is InChI=1S/C20H24ClNO3/c21-16-7-15(8-17-18(16)25-3-1-2-24-17)19(23)22-20-9-12-4-13(10-20)6-14(5-12)11-20/h7-8,12-14H,1-6,9-11H2,(H,22,23). The summed E-state index contributed by atoms with van der Waals surface area (Å²) in [5, 5.41) is 3.85. The Morgan fingerprint density at radius 3 is 2.36 bits per heavy atom. The lowest BCUT2D eigenvalue weighted by molar-refractivity contribution is -0.0167. The van der Waals surface area contributed by atoms with Crippen molar-refractivity contribution in [3.05, 3.63) is 22.7 Å². The highest BCUT2D eigenvalue weighted by molar-refractivity contribution is 6.32. The predicted molar refractivity (Wildman–Crippen MR) is 95.4 cm³/mol. The van der Waals surface area contributed by atoms with E-state index in [2.05, 4.69) is 5.32 Å². The summed E-state index contributed by atoms with van der Waals surface area (Å²) in [5.74, 6) is 3.53. The summed E-state index contributed by atoms with van der Waals surface area (Å²) in [4.78, 5) is 13.0. The van der Waals surface area contributed by atoms with Crippen LogP contribution in [0, 0.1) is 17.8 Å². The zero-order chi connectivity index (χ0) is 17.0. The van der Waals surface area contributed by atoms with Gasteiger partial charge in [0, 0.05) is 17.5 Å². The van der Waals surface area contributed by atoms with E-state index in [1.165, 1.54) is 19.3 Å². The first kappa shape index (κ1) is 15.8. The van der Waals surface area contributed by atoms with Gasteiger partial charge < -0.3 is 14.8 Å². The van der Waals surface area contributed by atoms with Gasteiger partial charge in [-0.3, -0.25) is 4.79 Å². The van der Waals surface area contributed by atoms with Crippen LogP contribution in [0.15, 0.2) is 12.1 Å². The van der Waals surface area contributed by atoms with E-state index in [-0.39, 0.29) is 11.4 Å². The Balaban J connectivity index is 1.40. The van der Waals surface area contributed by atoms with Crippen LogP contribution in [0.25, 0.3) is 0 Å². The molecule has 0 atom stereocenters. The largest absolute Gasteiger partial charge is 0.489 e. The molecule has 4 fully saturated rings. The van der Waals surface area contributed by atoms with Crippen LogP contribution >= 0.6 is 11.6 Å². The fourth-order valence-corrected chi connectivity index (χ4v) is 6.20. The summed E-state index contributed by atoms with van der Waals surface area (Å²) in [6, 6.07) is 3.49. The Labute approximate surface area is 153 Å². The summed E-state index contributed by atoms with van der Waals surface area (Å²) in [7, 11) is 0. The number of amides is 1. The van der Waals surface area contributed by atoms with E-state index in [0.717, 1.165) is 43.4 Å². The molecule has 0 saturated heterocycles. The van der Waals surface area contributed by atoms with Gasteiger partial charge in [0.05, 0.1) is 18.2 Å². The number of rotatable bonds is 2. The van der Waals surface area contributed by atoms with Gasteiger partial charge in [-0.15, -0.1) is 0 Å². The maximum atomic E-state index is 13.0. The summed E-state index contributed by atoms with van der Waals surface area (Å²) in [6.45, 7) is 1.18. The molecule has 1 amide bonds. The monoisotopic (exact) mass is 361 g/mol. The van der Waals surface area contributed by atoms with Crippen molar-refractivity contribution in [3.63, 3.8) is 0 Å². The summed E-state index contributed by atoms with van der Waals surface area (Å²) in [6.07, 6.45) is 8.34. The van der Waals surface area contributed by atoms with Gasteiger partial charge >= 0.3 is 0 Å². The average molecular weight is 362 g/mol. The molecule has 1 N–H and O–H groups in total. The van der Waals surface area contributed by atoms with Crippen molar-refractivity contribution < 1.29 is 14.3 Å². The zero-order valence-electron chi connectivity index (χ0n) is 14.4. The van der Waals surface area contributed by atoms with E-state index in [1.807, 2.05) is 0 Å². The van der Waals surface area contributed by atoms with Crippen LogP contribution in [0.3, 0.4) is 0 Å². The van der Waals surface area contributed by atoms with E-state index in [0.29, 0.717) is 35.3 Å². The molecule has 25 heavy (non-hydrogen) atoms. The summed E-state index contributed by atoms with van der Waals surface area (Å²) < 4.78 is 11.4. The lowest BCUT2D eigenvalue weighted by Crippen LogP contribution is -2.59. The highest BCUT2D eigenvalue weighted by Gasteiger charge is 2.51. The van der Waals surface area contributed by atoms with Gasteiger partial charge in [-0.2, -0.15) is 0 Å². The van der Waals surface area contributed by atoms with Gasteiger partial charge in [-0.05, 0) is 68.4 Å². The molecule has 1 heterocycles. The molecule has 0 spiro atoms. The Morgan fingerprint density at radius 1 is 1.04 bits per heavy atom. The first-order chi connectivity index (χ1) is 12.1. The van der Waals surface area contributed by atoms with E-state index >= 15 is 0 Å². The molecule has 5 heteroatoms. The summed E-state index contributed by atoms with van der Waals surface area (Å²) >= 11 is 6.35. The highest BCUT2D eigenvalue weighted by Crippen LogP contribution is 2.55. The third kappa shape index (κ3) is 2.79. The molecule has 5 aliphatic rings. The summed E-state index contributed by atoms with van der Waals surface area (Å²) in [5.41, 5.74) is 0.577. The zero-order valence-corrected chi connectivity index (χ0v) is 15.1. The second kappa shape index (κ2) is 5.80. The van der Waals surface area contributed by atoms with Crippen molar-refractivity contribution >= 4 is 17.5 Å². The van der Waals surface area contributed by atoms with Gasteiger partial charge in [0.15, 0.2) is 11.5 Å². The highest BCUT2D eigenvalue weighted by atomic mass is 35.5. The van der Waals surface area contributed by atoms with Gasteiger partial charge in [-0.25, -0.2) is 0 Å². The molecule has 134 valence electrons. The molecular formula is C20H24ClNO3. The Kier molecular flexibility index (Phi) is 3.67. The molecule has 1 aromatic carbocycles. The number of nitrogens with one attached hydrogen (secondary N) is 1. The minimum Gasteiger partial charge on any atom is -0.489 e. The van der Waals surface area contributed by atoms with Crippen LogP contribution < -0.4 is 14.8 Å². The molecule has 0 aromatic heterocycles. The van der Waals surface area contributed by atoms with E-state index in [1.54, 1.807) is 12.1 Å². The van der Waals surface area contributed by atoms with Crippen molar-refractivity contribution in [1.82, 2.24) is 5.32 Å². The number of carbonyl (C=O) groups excluding carboxylic acids is 1. The Bertz CT molecular complexity index is 682. The van der Waals surface area contributed by atoms with E-state index < -0.39 is 0 Å². The van der Waals surface area contributed by atoms with Crippen molar-refractivity contribution in [2.45, 2.75) is 50.5 Å². The van der Waals surface area contributed by atoms with E-state index in [4.69, 9.17) is 21.1 Å². The fourth-order valence-electron chi connectivity index (χ4n) is 5.94. The third-order valence-corrected chi connectivity index (χ3v) is 6.76. The normalized spacial score (nSPS) is 35.3. The van der Waals surface area contributed by atoms with Crippen molar-refractivity contribution in [3.8, 4) is 11.5 Å². The molecule has 0 unspecified atom stereocenters. The number of fused-ring (bicyclic) bond motifs is 1. The molecule has 6 rings (SSSR count). The minimum atomic E-state index is -0.0282. The number of hydrogen-bond donors (Lipinski definition) is 1. The molecular weight excluding hydrogens is 338 g/mol. The Hall–Kier alpha value is -1.42. The first-order valence-corrected chi connectivity index (χ1v) is 9.90. The maximum Gasteiger partial charge on any atom is 0.251 e.